The molecule has 0 saturated carbocycles. The maximum absolute atomic E-state index is 11.7. The molecule has 0 aliphatic heterocycles. The fourth-order valence-electron chi connectivity index (χ4n) is 1.04. The molecule has 0 aliphatic carbocycles. The standard InChI is InChI=1S/C9H12N2O3S/c1-6(2)11-4-3-10-8(9(11)14)15-5-7(12)13/h3-4,6H,5H2,1-2H3,(H,12,13). The average Bonchev–Trinajstić information content (AvgIpc) is 2.15. The number of nitrogens with zero attached hydrogens (tertiary/aromatic N) is 2. The van der Waals surface area contributed by atoms with Gasteiger partial charge < -0.3 is 9.67 Å². The van der Waals surface area contributed by atoms with Crippen molar-refractivity contribution < 1.29 is 9.90 Å². The molecule has 0 aromatic carbocycles. The highest BCUT2D eigenvalue weighted by molar-refractivity contribution is 7.99. The van der Waals surface area contributed by atoms with Gasteiger partial charge in [0.05, 0.1) is 5.75 Å². The summed E-state index contributed by atoms with van der Waals surface area (Å²) in [6, 6.07) is 0.0460. The van der Waals surface area contributed by atoms with Gasteiger partial charge in [-0.05, 0) is 13.8 Å². The van der Waals surface area contributed by atoms with Crippen molar-refractivity contribution in [2.75, 3.05) is 5.75 Å². The number of hydrogen-bond donors (Lipinski definition) is 1. The minimum absolute atomic E-state index is 0.0460. The molecule has 5 nitrogen and oxygen atoms in total. The summed E-state index contributed by atoms with van der Waals surface area (Å²) in [5, 5.41) is 8.72. The lowest BCUT2D eigenvalue weighted by Gasteiger charge is -2.09. The summed E-state index contributed by atoms with van der Waals surface area (Å²) < 4.78 is 1.52. The van der Waals surface area contributed by atoms with Gasteiger partial charge in [-0.2, -0.15) is 0 Å². The summed E-state index contributed by atoms with van der Waals surface area (Å²) in [5.74, 6) is -1.11. The van der Waals surface area contributed by atoms with Crippen LogP contribution >= 0.6 is 11.8 Å². The Morgan fingerprint density at radius 3 is 2.87 bits per heavy atom. The second-order valence-electron chi connectivity index (χ2n) is 3.22. The number of thioether (sulfide) groups is 1. The molecule has 1 aromatic heterocycles. The highest BCUT2D eigenvalue weighted by Crippen LogP contribution is 2.10. The fraction of sp³-hybridized carbons (Fsp3) is 0.444. The predicted octanol–water partition coefficient (Wildman–Crippen LogP) is 1.00. The molecular formula is C9H12N2O3S. The first-order valence-corrected chi connectivity index (χ1v) is 5.42. The zero-order valence-electron chi connectivity index (χ0n) is 8.51. The molecule has 82 valence electrons. The number of aliphatic carboxylic acids is 1. The van der Waals surface area contributed by atoms with Crippen LogP contribution in [0.2, 0.25) is 0 Å². The third-order valence-electron chi connectivity index (χ3n) is 1.73. The lowest BCUT2D eigenvalue weighted by Crippen LogP contribution is -2.23. The van der Waals surface area contributed by atoms with Crippen LogP contribution in [-0.2, 0) is 4.79 Å². The van der Waals surface area contributed by atoms with Crippen LogP contribution in [-0.4, -0.2) is 26.4 Å². The van der Waals surface area contributed by atoms with Crippen LogP contribution in [0.25, 0.3) is 0 Å². The summed E-state index contributed by atoms with van der Waals surface area (Å²) in [6.07, 6.45) is 3.10. The molecule has 0 saturated heterocycles. The second-order valence-corrected chi connectivity index (χ2v) is 4.19. The van der Waals surface area contributed by atoms with E-state index in [0.717, 1.165) is 11.8 Å². The number of carbonyl (C=O) groups is 1. The van der Waals surface area contributed by atoms with E-state index < -0.39 is 5.97 Å². The molecule has 1 aromatic rings. The van der Waals surface area contributed by atoms with Gasteiger partial charge in [0.15, 0.2) is 5.03 Å². The molecule has 6 heteroatoms. The van der Waals surface area contributed by atoms with Crippen LogP contribution in [0.4, 0.5) is 0 Å². The van der Waals surface area contributed by atoms with E-state index in [-0.39, 0.29) is 22.4 Å². The highest BCUT2D eigenvalue weighted by Gasteiger charge is 2.09. The first-order chi connectivity index (χ1) is 7.02. The van der Waals surface area contributed by atoms with Gasteiger partial charge in [0.2, 0.25) is 0 Å². The van der Waals surface area contributed by atoms with Crippen molar-refractivity contribution in [3.05, 3.63) is 22.7 Å². The minimum atomic E-state index is -0.957. The Labute approximate surface area is 91.1 Å². The van der Waals surface area contributed by atoms with E-state index in [4.69, 9.17) is 5.11 Å². The lowest BCUT2D eigenvalue weighted by atomic mass is 10.4. The maximum Gasteiger partial charge on any atom is 0.313 e. The second kappa shape index (κ2) is 4.97. The van der Waals surface area contributed by atoms with Gasteiger partial charge >= 0.3 is 5.97 Å². The molecule has 0 bridgehead atoms. The van der Waals surface area contributed by atoms with Gasteiger partial charge in [-0.1, -0.05) is 11.8 Å². The molecule has 15 heavy (non-hydrogen) atoms. The third-order valence-corrected chi connectivity index (χ3v) is 2.67. The molecule has 0 spiro atoms. The minimum Gasteiger partial charge on any atom is -0.481 e. The Kier molecular flexibility index (Phi) is 3.90. The molecular weight excluding hydrogens is 216 g/mol. The van der Waals surface area contributed by atoms with Crippen LogP contribution in [0.15, 0.2) is 22.2 Å². The van der Waals surface area contributed by atoms with Crippen molar-refractivity contribution in [1.82, 2.24) is 9.55 Å². The van der Waals surface area contributed by atoms with Gasteiger partial charge in [0.25, 0.3) is 5.56 Å². The number of aromatic nitrogens is 2. The zero-order valence-corrected chi connectivity index (χ0v) is 9.32. The first-order valence-electron chi connectivity index (χ1n) is 4.44. The van der Waals surface area contributed by atoms with Gasteiger partial charge in [0, 0.05) is 18.4 Å². The van der Waals surface area contributed by atoms with Gasteiger partial charge in [0.1, 0.15) is 0 Å². The van der Waals surface area contributed by atoms with Gasteiger partial charge in [-0.3, -0.25) is 9.59 Å². The largest absolute Gasteiger partial charge is 0.481 e. The van der Waals surface area contributed by atoms with Crippen LogP contribution in [0.5, 0.6) is 0 Å². The number of carboxylic acid groups (broad SMARTS) is 1. The van der Waals surface area contributed by atoms with E-state index in [1.54, 1.807) is 6.20 Å². The van der Waals surface area contributed by atoms with E-state index >= 15 is 0 Å². The Morgan fingerprint density at radius 2 is 2.33 bits per heavy atom. The molecule has 0 atom stereocenters. The Balaban J connectivity index is 2.95. The Morgan fingerprint density at radius 1 is 1.67 bits per heavy atom. The van der Waals surface area contributed by atoms with Crippen molar-refractivity contribution in [3.63, 3.8) is 0 Å². The molecule has 0 amide bonds. The van der Waals surface area contributed by atoms with Crippen molar-refractivity contribution in [2.24, 2.45) is 0 Å². The van der Waals surface area contributed by atoms with Gasteiger partial charge in [-0.25, -0.2) is 4.98 Å². The summed E-state index contributed by atoms with van der Waals surface area (Å²) in [6.45, 7) is 3.76. The van der Waals surface area contributed by atoms with Crippen LogP contribution in [0.1, 0.15) is 19.9 Å². The topological polar surface area (TPSA) is 72.2 Å². The Hall–Kier alpha value is -1.30. The summed E-state index contributed by atoms with van der Waals surface area (Å²) in [4.78, 5) is 25.9. The summed E-state index contributed by atoms with van der Waals surface area (Å²) in [5.41, 5.74) is -0.237. The molecule has 0 fully saturated rings. The normalized spacial score (nSPS) is 10.6. The quantitative estimate of drug-likeness (QED) is 0.778. The van der Waals surface area contributed by atoms with E-state index in [2.05, 4.69) is 4.98 Å². The first kappa shape index (κ1) is 11.8. The van der Waals surface area contributed by atoms with Crippen LogP contribution in [0.3, 0.4) is 0 Å². The SMILES string of the molecule is CC(C)n1ccnc(SCC(=O)O)c1=O. The molecule has 1 heterocycles. The molecule has 0 radical (unpaired) electrons. The summed E-state index contributed by atoms with van der Waals surface area (Å²) >= 11 is 0.943. The fourth-order valence-corrected chi connectivity index (χ4v) is 1.67. The van der Waals surface area contributed by atoms with Crippen LogP contribution in [0, 0.1) is 0 Å². The van der Waals surface area contributed by atoms with Crippen molar-refractivity contribution in [3.8, 4) is 0 Å². The lowest BCUT2D eigenvalue weighted by molar-refractivity contribution is -0.133. The number of carboxylic acids is 1. The molecule has 0 aliphatic rings. The third kappa shape index (κ3) is 3.09. The maximum atomic E-state index is 11.7. The molecule has 1 rings (SSSR count). The van der Waals surface area contributed by atoms with E-state index in [0.29, 0.717) is 0 Å². The van der Waals surface area contributed by atoms with E-state index in [9.17, 15) is 9.59 Å². The zero-order chi connectivity index (χ0) is 11.4. The number of rotatable bonds is 4. The van der Waals surface area contributed by atoms with E-state index in [1.807, 2.05) is 13.8 Å². The predicted molar refractivity (Wildman–Crippen MR) is 57.2 cm³/mol. The monoisotopic (exact) mass is 228 g/mol. The van der Waals surface area contributed by atoms with Crippen molar-refractivity contribution in [1.29, 1.82) is 0 Å². The summed E-state index contributed by atoms with van der Waals surface area (Å²) in [7, 11) is 0. The van der Waals surface area contributed by atoms with Gasteiger partial charge in [-0.15, -0.1) is 0 Å². The Bertz CT molecular complexity index is 414. The molecule has 0 unspecified atom stereocenters. The van der Waals surface area contributed by atoms with Crippen LogP contribution < -0.4 is 5.56 Å². The highest BCUT2D eigenvalue weighted by atomic mass is 32.2. The number of hydrogen-bond acceptors (Lipinski definition) is 4. The van der Waals surface area contributed by atoms with Crippen molar-refractivity contribution in [2.45, 2.75) is 24.9 Å². The van der Waals surface area contributed by atoms with Crippen molar-refractivity contribution >= 4 is 17.7 Å². The van der Waals surface area contributed by atoms with E-state index in [1.165, 1.54) is 10.8 Å². The average molecular weight is 228 g/mol. The smallest absolute Gasteiger partial charge is 0.313 e. The molecule has 1 N–H and O–H groups in total.